The highest BCUT2D eigenvalue weighted by Gasteiger charge is 2.31. The Bertz CT molecular complexity index is 905. The fourth-order valence-corrected chi connectivity index (χ4v) is 3.46. The molecule has 0 saturated carbocycles. The van der Waals surface area contributed by atoms with E-state index in [1.165, 1.54) is 12.1 Å². The molecule has 1 heterocycles. The minimum atomic E-state index is -1.23. The quantitative estimate of drug-likeness (QED) is 0.326. The van der Waals surface area contributed by atoms with E-state index in [1.54, 1.807) is 46.9 Å². The molecule has 128 valence electrons. The second kappa shape index (κ2) is 7.91. The molecule has 2 aromatic rings. The summed E-state index contributed by atoms with van der Waals surface area (Å²) < 4.78 is 5.60. The molecule has 0 amide bonds. The molecule has 1 aliphatic rings. The molecule has 0 radical (unpaired) electrons. The van der Waals surface area contributed by atoms with E-state index in [4.69, 9.17) is 10.2 Å². The molecule has 7 nitrogen and oxygen atoms in total. The molecule has 25 heavy (non-hydrogen) atoms. The molecule has 0 fully saturated rings. The van der Waals surface area contributed by atoms with Crippen LogP contribution in [0.25, 0.3) is 0 Å². The first kappa shape index (κ1) is 19.3. The van der Waals surface area contributed by atoms with Crippen LogP contribution in [0.5, 0.6) is 0 Å². The molecule has 0 aliphatic carbocycles. The van der Waals surface area contributed by atoms with Crippen molar-refractivity contribution in [3.05, 3.63) is 65.8 Å². The maximum absolute atomic E-state index is 11.0. The number of halogens is 2. The predicted octanol–water partition coefficient (Wildman–Crippen LogP) is 3.29. The number of carbonyl (C=O) groups is 4. The number of hydrogen-bond donors (Lipinski definition) is 2. The number of aromatic carboxylic acids is 2. The van der Waals surface area contributed by atoms with Crippen molar-refractivity contribution in [1.82, 2.24) is 0 Å². The molecular formula is C16H8I2O7. The predicted molar refractivity (Wildman–Crippen MR) is 102 cm³/mol. The second-order valence-electron chi connectivity index (χ2n) is 4.61. The Kier molecular flexibility index (Phi) is 6.11. The van der Waals surface area contributed by atoms with Crippen LogP contribution >= 0.6 is 45.2 Å². The Morgan fingerprint density at radius 1 is 0.840 bits per heavy atom. The van der Waals surface area contributed by atoms with Crippen LogP contribution in [0.3, 0.4) is 0 Å². The van der Waals surface area contributed by atoms with Gasteiger partial charge in [0.1, 0.15) is 0 Å². The maximum Gasteiger partial charge on any atom is 0.347 e. The molecule has 0 atom stereocenters. The molecule has 3 rings (SSSR count). The molecular weight excluding hydrogens is 558 g/mol. The molecule has 0 bridgehead atoms. The van der Waals surface area contributed by atoms with E-state index in [9.17, 15) is 19.2 Å². The first-order chi connectivity index (χ1) is 11.7. The summed E-state index contributed by atoms with van der Waals surface area (Å²) in [5.74, 6) is -3.54. The number of benzene rings is 2. The second-order valence-corrected chi connectivity index (χ2v) is 6.94. The van der Waals surface area contributed by atoms with Crippen LogP contribution in [0.4, 0.5) is 0 Å². The number of carboxylic acids is 2. The van der Waals surface area contributed by atoms with E-state index in [-0.39, 0.29) is 11.1 Å². The van der Waals surface area contributed by atoms with E-state index in [1.807, 2.05) is 22.6 Å². The van der Waals surface area contributed by atoms with Crippen molar-refractivity contribution in [3.8, 4) is 0 Å². The summed E-state index contributed by atoms with van der Waals surface area (Å²) in [6, 6.07) is 9.41. The van der Waals surface area contributed by atoms with Gasteiger partial charge in [-0.3, -0.25) is 0 Å². The van der Waals surface area contributed by atoms with Crippen molar-refractivity contribution in [2.45, 2.75) is 0 Å². The highest BCUT2D eigenvalue weighted by molar-refractivity contribution is 14.1. The first-order valence-corrected chi connectivity index (χ1v) is 8.70. The van der Waals surface area contributed by atoms with Crippen LogP contribution < -0.4 is 0 Å². The minimum Gasteiger partial charge on any atom is -0.478 e. The van der Waals surface area contributed by atoms with Crippen molar-refractivity contribution in [1.29, 1.82) is 0 Å². The molecule has 2 aromatic carbocycles. The highest BCUT2D eigenvalue weighted by atomic mass is 127. The zero-order chi connectivity index (χ0) is 18.7. The van der Waals surface area contributed by atoms with E-state index < -0.39 is 23.9 Å². The monoisotopic (exact) mass is 566 g/mol. The topological polar surface area (TPSA) is 118 Å². The number of rotatable bonds is 2. The molecule has 2 N–H and O–H groups in total. The summed E-state index contributed by atoms with van der Waals surface area (Å²) in [5.41, 5.74) is 0.421. The Hall–Kier alpha value is -2.02. The van der Waals surface area contributed by atoms with Gasteiger partial charge in [-0.2, -0.15) is 0 Å². The van der Waals surface area contributed by atoms with Crippen LogP contribution in [0.2, 0.25) is 0 Å². The van der Waals surface area contributed by atoms with Crippen molar-refractivity contribution < 1.29 is 34.1 Å². The van der Waals surface area contributed by atoms with Gasteiger partial charge in [-0.05, 0) is 69.4 Å². The summed E-state index contributed by atoms with van der Waals surface area (Å²) in [5, 5.41) is 17.4. The summed E-state index contributed by atoms with van der Waals surface area (Å²) >= 11 is 3.79. The van der Waals surface area contributed by atoms with Gasteiger partial charge in [-0.1, -0.05) is 12.1 Å². The van der Waals surface area contributed by atoms with Crippen LogP contribution in [0, 0.1) is 7.14 Å². The molecule has 0 saturated heterocycles. The number of hydrogen-bond acceptors (Lipinski definition) is 5. The van der Waals surface area contributed by atoms with Gasteiger partial charge in [-0.25, -0.2) is 19.2 Å². The van der Waals surface area contributed by atoms with Gasteiger partial charge < -0.3 is 14.9 Å². The SMILES string of the molecule is O=C(O)c1cccc(I)c1C(=O)O.O=C1OC(=O)c2c(I)cccc21. The molecule has 0 spiro atoms. The lowest BCUT2D eigenvalue weighted by Gasteiger charge is -2.02. The van der Waals surface area contributed by atoms with Crippen molar-refractivity contribution in [2.75, 3.05) is 0 Å². The molecule has 0 aromatic heterocycles. The molecule has 9 heteroatoms. The van der Waals surface area contributed by atoms with Crippen molar-refractivity contribution in [3.63, 3.8) is 0 Å². The normalized spacial score (nSPS) is 11.9. The van der Waals surface area contributed by atoms with E-state index in [0.29, 0.717) is 14.7 Å². The number of ether oxygens (including phenoxy) is 1. The summed E-state index contributed by atoms with van der Waals surface area (Å²) in [7, 11) is 0. The van der Waals surface area contributed by atoms with Gasteiger partial charge in [0.05, 0.1) is 22.3 Å². The summed E-state index contributed by atoms with van der Waals surface area (Å²) in [4.78, 5) is 43.3. The zero-order valence-electron chi connectivity index (χ0n) is 12.2. The lowest BCUT2D eigenvalue weighted by molar-refractivity contribution is 0.0442. The smallest absolute Gasteiger partial charge is 0.347 e. The van der Waals surface area contributed by atoms with Gasteiger partial charge in [0, 0.05) is 7.14 Å². The average molecular weight is 566 g/mol. The van der Waals surface area contributed by atoms with Crippen LogP contribution in [-0.4, -0.2) is 34.1 Å². The fraction of sp³-hybridized carbons (Fsp3) is 0. The van der Waals surface area contributed by atoms with Crippen LogP contribution in [0.1, 0.15) is 41.4 Å². The van der Waals surface area contributed by atoms with Crippen LogP contribution in [0.15, 0.2) is 36.4 Å². The highest BCUT2D eigenvalue weighted by Crippen LogP contribution is 2.24. The Morgan fingerprint density at radius 2 is 1.44 bits per heavy atom. The van der Waals surface area contributed by atoms with Gasteiger partial charge in [0.2, 0.25) is 0 Å². The third kappa shape index (κ3) is 4.15. The number of esters is 2. The molecule has 1 aliphatic heterocycles. The Morgan fingerprint density at radius 3 is 1.96 bits per heavy atom. The fourth-order valence-electron chi connectivity index (χ4n) is 2.01. The van der Waals surface area contributed by atoms with Crippen molar-refractivity contribution >= 4 is 69.1 Å². The Labute approximate surface area is 168 Å². The Balaban J connectivity index is 0.000000181. The van der Waals surface area contributed by atoms with Gasteiger partial charge in [0.15, 0.2) is 0 Å². The van der Waals surface area contributed by atoms with E-state index in [2.05, 4.69) is 4.74 Å². The number of carbonyl (C=O) groups excluding carboxylic acids is 2. The van der Waals surface area contributed by atoms with Crippen molar-refractivity contribution in [2.24, 2.45) is 0 Å². The molecule has 0 unspecified atom stereocenters. The summed E-state index contributed by atoms with van der Waals surface area (Å²) in [6.45, 7) is 0. The maximum atomic E-state index is 11.0. The minimum absolute atomic E-state index is 0.157. The third-order valence-electron chi connectivity index (χ3n) is 3.08. The summed E-state index contributed by atoms with van der Waals surface area (Å²) in [6.07, 6.45) is 0. The number of cyclic esters (lactones) is 2. The van der Waals surface area contributed by atoms with Gasteiger partial charge in [-0.15, -0.1) is 0 Å². The lowest BCUT2D eigenvalue weighted by atomic mass is 10.1. The number of carboxylic acid groups (broad SMARTS) is 2. The van der Waals surface area contributed by atoms with Gasteiger partial charge >= 0.3 is 23.9 Å². The third-order valence-corrected chi connectivity index (χ3v) is 4.88. The standard InChI is InChI=1S/C8H5IO4.C8H3IO3/c9-5-3-1-2-4(7(10)11)6(5)8(12)13;9-5-3-1-2-4-6(5)8(11)12-7(4)10/h1-3H,(H,10,11)(H,12,13);1-3H. The van der Waals surface area contributed by atoms with E-state index >= 15 is 0 Å². The lowest BCUT2D eigenvalue weighted by Crippen LogP contribution is -2.09. The van der Waals surface area contributed by atoms with Gasteiger partial charge in [0.25, 0.3) is 0 Å². The zero-order valence-corrected chi connectivity index (χ0v) is 16.5. The van der Waals surface area contributed by atoms with Crippen LogP contribution in [-0.2, 0) is 4.74 Å². The number of fused-ring (bicyclic) bond motifs is 1. The average Bonchev–Trinajstić information content (AvgIpc) is 2.83. The van der Waals surface area contributed by atoms with E-state index in [0.717, 1.165) is 3.57 Å². The first-order valence-electron chi connectivity index (χ1n) is 6.54. The largest absolute Gasteiger partial charge is 0.478 e.